The molecule has 0 bridgehead atoms. The molecule has 0 atom stereocenters. The van der Waals surface area contributed by atoms with Gasteiger partial charge in [0, 0.05) is 12.6 Å². The summed E-state index contributed by atoms with van der Waals surface area (Å²) in [5, 5.41) is 9.06. The van der Waals surface area contributed by atoms with Crippen LogP contribution in [0.25, 0.3) is 0 Å². The summed E-state index contributed by atoms with van der Waals surface area (Å²) in [5.41, 5.74) is 2.43. The standard InChI is InChI=1S/C14H17N3O2/c1-10-3-5-12(6-4-10)7-8-15-14(18)16-13-9-11(2)19-17-13/h3-6,9H,7-8H2,1-2H3,(H2,15,16,17,18). The van der Waals surface area contributed by atoms with Crippen LogP contribution in [0.2, 0.25) is 0 Å². The van der Waals surface area contributed by atoms with Gasteiger partial charge < -0.3 is 9.84 Å². The van der Waals surface area contributed by atoms with E-state index in [1.54, 1.807) is 13.0 Å². The quantitative estimate of drug-likeness (QED) is 0.887. The Labute approximate surface area is 112 Å². The molecule has 100 valence electrons. The average Bonchev–Trinajstić information content (AvgIpc) is 2.77. The van der Waals surface area contributed by atoms with Gasteiger partial charge in [0.2, 0.25) is 0 Å². The summed E-state index contributed by atoms with van der Waals surface area (Å²) >= 11 is 0. The third kappa shape index (κ3) is 4.13. The largest absolute Gasteiger partial charge is 0.360 e. The SMILES string of the molecule is Cc1ccc(CCNC(=O)Nc2cc(C)on2)cc1. The lowest BCUT2D eigenvalue weighted by atomic mass is 10.1. The molecule has 1 aromatic heterocycles. The molecule has 1 heterocycles. The molecule has 0 saturated carbocycles. The van der Waals surface area contributed by atoms with E-state index in [0.29, 0.717) is 18.1 Å². The Balaban J connectivity index is 1.73. The summed E-state index contributed by atoms with van der Waals surface area (Å²) in [6, 6.07) is 9.65. The van der Waals surface area contributed by atoms with E-state index in [4.69, 9.17) is 4.52 Å². The van der Waals surface area contributed by atoms with E-state index < -0.39 is 0 Å². The average molecular weight is 259 g/mol. The van der Waals surface area contributed by atoms with Crippen molar-refractivity contribution < 1.29 is 9.32 Å². The second-order valence-electron chi connectivity index (χ2n) is 4.44. The van der Waals surface area contributed by atoms with Crippen molar-refractivity contribution in [2.45, 2.75) is 20.3 Å². The zero-order valence-electron chi connectivity index (χ0n) is 11.1. The van der Waals surface area contributed by atoms with Crippen molar-refractivity contribution in [2.24, 2.45) is 0 Å². The number of urea groups is 1. The number of rotatable bonds is 4. The van der Waals surface area contributed by atoms with E-state index in [1.165, 1.54) is 11.1 Å². The van der Waals surface area contributed by atoms with Crippen LogP contribution in [0.1, 0.15) is 16.9 Å². The molecule has 0 saturated heterocycles. The number of hydrogen-bond donors (Lipinski definition) is 2. The lowest BCUT2D eigenvalue weighted by molar-refractivity contribution is 0.252. The van der Waals surface area contributed by atoms with Crippen molar-refractivity contribution in [3.8, 4) is 0 Å². The maximum Gasteiger partial charge on any atom is 0.320 e. The van der Waals surface area contributed by atoms with E-state index in [2.05, 4.69) is 47.0 Å². The number of amides is 2. The molecule has 2 amide bonds. The van der Waals surface area contributed by atoms with Gasteiger partial charge in [-0.3, -0.25) is 5.32 Å². The Hall–Kier alpha value is -2.30. The Kier molecular flexibility index (Phi) is 4.18. The van der Waals surface area contributed by atoms with Crippen LogP contribution in [0, 0.1) is 13.8 Å². The highest BCUT2D eigenvalue weighted by molar-refractivity contribution is 5.88. The first kappa shape index (κ1) is 13.1. The van der Waals surface area contributed by atoms with Crippen LogP contribution in [0.5, 0.6) is 0 Å². The van der Waals surface area contributed by atoms with E-state index in [-0.39, 0.29) is 6.03 Å². The van der Waals surface area contributed by atoms with Crippen molar-refractivity contribution in [2.75, 3.05) is 11.9 Å². The normalized spacial score (nSPS) is 10.2. The van der Waals surface area contributed by atoms with Gasteiger partial charge in [0.05, 0.1) is 0 Å². The summed E-state index contributed by atoms with van der Waals surface area (Å²) in [6.07, 6.45) is 0.797. The molecular weight excluding hydrogens is 242 g/mol. The first-order valence-corrected chi connectivity index (χ1v) is 6.17. The molecule has 0 aliphatic heterocycles. The number of carbonyl (C=O) groups is 1. The minimum Gasteiger partial charge on any atom is -0.360 e. The van der Waals surface area contributed by atoms with Gasteiger partial charge in [-0.25, -0.2) is 4.79 Å². The number of nitrogens with zero attached hydrogens (tertiary/aromatic N) is 1. The molecule has 5 heteroatoms. The highest BCUT2D eigenvalue weighted by Gasteiger charge is 2.04. The first-order chi connectivity index (χ1) is 9.13. The maximum absolute atomic E-state index is 11.6. The van der Waals surface area contributed by atoms with Gasteiger partial charge in [-0.2, -0.15) is 0 Å². The lowest BCUT2D eigenvalue weighted by Crippen LogP contribution is -2.30. The Morgan fingerprint density at radius 3 is 2.63 bits per heavy atom. The zero-order chi connectivity index (χ0) is 13.7. The zero-order valence-corrected chi connectivity index (χ0v) is 11.1. The highest BCUT2D eigenvalue weighted by Crippen LogP contribution is 2.06. The minimum atomic E-state index is -0.277. The highest BCUT2D eigenvalue weighted by atomic mass is 16.5. The number of hydrogen-bond acceptors (Lipinski definition) is 3. The fourth-order valence-corrected chi connectivity index (χ4v) is 1.66. The van der Waals surface area contributed by atoms with Crippen molar-refractivity contribution in [1.29, 1.82) is 0 Å². The van der Waals surface area contributed by atoms with Gasteiger partial charge in [-0.05, 0) is 25.8 Å². The molecule has 0 fully saturated rings. The molecule has 2 rings (SSSR count). The van der Waals surface area contributed by atoms with E-state index >= 15 is 0 Å². The van der Waals surface area contributed by atoms with E-state index in [0.717, 1.165) is 6.42 Å². The van der Waals surface area contributed by atoms with Crippen LogP contribution in [0.4, 0.5) is 10.6 Å². The summed E-state index contributed by atoms with van der Waals surface area (Å²) in [5.74, 6) is 1.08. The minimum absolute atomic E-state index is 0.277. The Morgan fingerprint density at radius 2 is 2.00 bits per heavy atom. The molecule has 0 unspecified atom stereocenters. The maximum atomic E-state index is 11.6. The van der Waals surface area contributed by atoms with Crippen molar-refractivity contribution in [1.82, 2.24) is 10.5 Å². The lowest BCUT2D eigenvalue weighted by Gasteiger charge is -2.05. The summed E-state index contributed by atoms with van der Waals surface area (Å²) < 4.78 is 4.86. The van der Waals surface area contributed by atoms with Crippen molar-refractivity contribution in [3.05, 3.63) is 47.2 Å². The molecule has 0 aliphatic carbocycles. The Bertz CT molecular complexity index is 546. The van der Waals surface area contributed by atoms with Gasteiger partial charge in [0.15, 0.2) is 5.82 Å². The van der Waals surface area contributed by atoms with Crippen LogP contribution in [-0.2, 0) is 6.42 Å². The third-order valence-electron chi connectivity index (χ3n) is 2.69. The van der Waals surface area contributed by atoms with E-state index in [9.17, 15) is 4.79 Å². The second kappa shape index (κ2) is 6.04. The van der Waals surface area contributed by atoms with Gasteiger partial charge in [0.1, 0.15) is 5.76 Å². The number of benzene rings is 1. The molecule has 2 N–H and O–H groups in total. The van der Waals surface area contributed by atoms with Gasteiger partial charge in [-0.1, -0.05) is 35.0 Å². The third-order valence-corrected chi connectivity index (χ3v) is 2.69. The molecule has 19 heavy (non-hydrogen) atoms. The molecule has 5 nitrogen and oxygen atoms in total. The van der Waals surface area contributed by atoms with Gasteiger partial charge >= 0.3 is 6.03 Å². The van der Waals surface area contributed by atoms with Crippen LogP contribution in [0.15, 0.2) is 34.9 Å². The van der Waals surface area contributed by atoms with Crippen LogP contribution in [0.3, 0.4) is 0 Å². The number of nitrogens with one attached hydrogen (secondary N) is 2. The van der Waals surface area contributed by atoms with Crippen molar-refractivity contribution in [3.63, 3.8) is 0 Å². The van der Waals surface area contributed by atoms with Gasteiger partial charge in [0.25, 0.3) is 0 Å². The monoisotopic (exact) mass is 259 g/mol. The molecular formula is C14H17N3O2. The smallest absolute Gasteiger partial charge is 0.320 e. The number of aryl methyl sites for hydroxylation is 2. The predicted molar refractivity (Wildman–Crippen MR) is 73.1 cm³/mol. The summed E-state index contributed by atoms with van der Waals surface area (Å²) in [4.78, 5) is 11.6. The second-order valence-corrected chi connectivity index (χ2v) is 4.44. The van der Waals surface area contributed by atoms with Crippen LogP contribution < -0.4 is 10.6 Å². The summed E-state index contributed by atoms with van der Waals surface area (Å²) in [6.45, 7) is 4.40. The molecule has 0 aliphatic rings. The van der Waals surface area contributed by atoms with E-state index in [1.807, 2.05) is 0 Å². The fraction of sp³-hybridized carbons (Fsp3) is 0.286. The molecule has 2 aromatic rings. The summed E-state index contributed by atoms with van der Waals surface area (Å²) in [7, 11) is 0. The molecule has 1 aromatic carbocycles. The Morgan fingerprint density at radius 1 is 1.26 bits per heavy atom. The van der Waals surface area contributed by atoms with Crippen LogP contribution >= 0.6 is 0 Å². The molecule has 0 radical (unpaired) electrons. The predicted octanol–water partition coefficient (Wildman–Crippen LogP) is 2.66. The van der Waals surface area contributed by atoms with Crippen molar-refractivity contribution >= 4 is 11.8 Å². The topological polar surface area (TPSA) is 67.2 Å². The number of carbonyl (C=O) groups excluding carboxylic acids is 1. The van der Waals surface area contributed by atoms with Crippen LogP contribution in [-0.4, -0.2) is 17.7 Å². The molecule has 0 spiro atoms. The number of aromatic nitrogens is 1. The first-order valence-electron chi connectivity index (χ1n) is 6.17. The number of anilines is 1. The fourth-order valence-electron chi connectivity index (χ4n) is 1.66. The van der Waals surface area contributed by atoms with Gasteiger partial charge in [-0.15, -0.1) is 0 Å².